The van der Waals surface area contributed by atoms with Crippen LogP contribution < -0.4 is 0 Å². The highest BCUT2D eigenvalue weighted by atomic mass is 79.9. The highest BCUT2D eigenvalue weighted by molar-refractivity contribution is 9.10. The van der Waals surface area contributed by atoms with Crippen LogP contribution in [0, 0.1) is 11.3 Å². The third kappa shape index (κ3) is 1.68. The van der Waals surface area contributed by atoms with E-state index in [0.29, 0.717) is 18.8 Å². The van der Waals surface area contributed by atoms with E-state index in [1.54, 1.807) is 0 Å². The van der Waals surface area contributed by atoms with Gasteiger partial charge in [0.05, 0.1) is 6.07 Å². The summed E-state index contributed by atoms with van der Waals surface area (Å²) in [5.41, 5.74) is 0.130. The van der Waals surface area contributed by atoms with Crippen LogP contribution in [0.5, 0.6) is 0 Å². The Morgan fingerprint density at radius 2 is 1.93 bits per heavy atom. The van der Waals surface area contributed by atoms with Crippen molar-refractivity contribution in [3.8, 4) is 6.07 Å². The lowest BCUT2D eigenvalue weighted by atomic mass is 9.69. The van der Waals surface area contributed by atoms with Crippen LogP contribution in [0.4, 0.5) is 0 Å². The summed E-state index contributed by atoms with van der Waals surface area (Å²) in [4.78, 5) is 0. The molecule has 0 amide bonds. The van der Waals surface area contributed by atoms with E-state index in [-0.39, 0.29) is 0 Å². The zero-order valence-electron chi connectivity index (χ0n) is 7.57. The topological polar surface area (TPSA) is 44.0 Å². The fourth-order valence-electron chi connectivity index (χ4n) is 1.82. The molecule has 0 spiro atoms. The van der Waals surface area contributed by atoms with E-state index in [0.717, 1.165) is 4.47 Å². The van der Waals surface area contributed by atoms with E-state index in [1.807, 2.05) is 30.3 Å². The summed E-state index contributed by atoms with van der Waals surface area (Å²) in [7, 11) is 0. The van der Waals surface area contributed by atoms with E-state index >= 15 is 0 Å². The van der Waals surface area contributed by atoms with Crippen molar-refractivity contribution in [2.75, 3.05) is 0 Å². The molecule has 0 aliphatic heterocycles. The molecule has 1 saturated carbocycles. The first kappa shape index (κ1) is 9.70. The van der Waals surface area contributed by atoms with Crippen LogP contribution in [0.3, 0.4) is 0 Å². The second-order valence-electron chi connectivity index (χ2n) is 3.80. The lowest BCUT2D eigenvalue weighted by Crippen LogP contribution is -2.40. The van der Waals surface area contributed by atoms with Crippen LogP contribution in [0.25, 0.3) is 0 Å². The SMILES string of the molecule is N#CC1(O)CC(c2ccc(Br)cc2)C1. The number of nitrogens with zero attached hydrogens (tertiary/aromatic N) is 1. The number of hydrogen-bond acceptors (Lipinski definition) is 2. The number of halogens is 1. The summed E-state index contributed by atoms with van der Waals surface area (Å²) in [5, 5.41) is 18.2. The second kappa shape index (κ2) is 3.38. The predicted octanol–water partition coefficient (Wildman–Crippen LogP) is 2.58. The average molecular weight is 252 g/mol. The van der Waals surface area contributed by atoms with E-state index in [1.165, 1.54) is 5.56 Å². The zero-order chi connectivity index (χ0) is 10.2. The summed E-state index contributed by atoms with van der Waals surface area (Å²) in [5.74, 6) is 0.341. The monoisotopic (exact) mass is 251 g/mol. The Morgan fingerprint density at radius 1 is 1.36 bits per heavy atom. The Hall–Kier alpha value is -0.850. The van der Waals surface area contributed by atoms with Gasteiger partial charge in [-0.05, 0) is 36.5 Å². The van der Waals surface area contributed by atoms with Crippen LogP contribution in [0.15, 0.2) is 28.7 Å². The number of aliphatic hydroxyl groups is 1. The molecule has 14 heavy (non-hydrogen) atoms. The highest BCUT2D eigenvalue weighted by Crippen LogP contribution is 2.44. The van der Waals surface area contributed by atoms with Crippen LogP contribution >= 0.6 is 15.9 Å². The van der Waals surface area contributed by atoms with Gasteiger partial charge in [0.25, 0.3) is 0 Å². The normalized spacial score (nSPS) is 30.5. The minimum atomic E-state index is -1.07. The molecule has 0 bridgehead atoms. The fraction of sp³-hybridized carbons (Fsp3) is 0.364. The summed E-state index contributed by atoms with van der Waals surface area (Å²) in [6.07, 6.45) is 1.12. The molecule has 1 N–H and O–H groups in total. The largest absolute Gasteiger partial charge is 0.375 e. The smallest absolute Gasteiger partial charge is 0.152 e. The van der Waals surface area contributed by atoms with Crippen molar-refractivity contribution in [1.29, 1.82) is 5.26 Å². The Morgan fingerprint density at radius 3 is 2.43 bits per heavy atom. The van der Waals surface area contributed by atoms with E-state index in [9.17, 15) is 5.11 Å². The summed E-state index contributed by atoms with van der Waals surface area (Å²) in [6.45, 7) is 0. The van der Waals surface area contributed by atoms with Gasteiger partial charge in [-0.1, -0.05) is 28.1 Å². The number of rotatable bonds is 1. The third-order valence-electron chi connectivity index (χ3n) is 2.72. The highest BCUT2D eigenvalue weighted by Gasteiger charge is 2.43. The number of benzene rings is 1. The van der Waals surface area contributed by atoms with Gasteiger partial charge >= 0.3 is 0 Å². The van der Waals surface area contributed by atoms with Crippen molar-refractivity contribution in [2.24, 2.45) is 0 Å². The van der Waals surface area contributed by atoms with Gasteiger partial charge in [0.15, 0.2) is 5.60 Å². The molecule has 0 radical (unpaired) electrons. The molecular weight excluding hydrogens is 242 g/mol. The lowest BCUT2D eigenvalue weighted by Gasteiger charge is -2.38. The average Bonchev–Trinajstić information content (AvgIpc) is 2.15. The van der Waals surface area contributed by atoms with Crippen molar-refractivity contribution in [3.63, 3.8) is 0 Å². The summed E-state index contributed by atoms with van der Waals surface area (Å²) >= 11 is 3.37. The quantitative estimate of drug-likeness (QED) is 0.780. The van der Waals surface area contributed by atoms with Crippen molar-refractivity contribution in [1.82, 2.24) is 0 Å². The van der Waals surface area contributed by atoms with Gasteiger partial charge in [0, 0.05) is 4.47 Å². The Bertz CT molecular complexity index is 373. The molecule has 0 saturated heterocycles. The van der Waals surface area contributed by atoms with Crippen molar-refractivity contribution in [3.05, 3.63) is 34.3 Å². The maximum atomic E-state index is 9.53. The Kier molecular flexibility index (Phi) is 2.34. The maximum Gasteiger partial charge on any atom is 0.152 e. The molecule has 1 aromatic carbocycles. The third-order valence-corrected chi connectivity index (χ3v) is 3.25. The van der Waals surface area contributed by atoms with E-state index in [4.69, 9.17) is 5.26 Å². The summed E-state index contributed by atoms with van der Waals surface area (Å²) in [6, 6.07) is 9.97. The standard InChI is InChI=1S/C11H10BrNO/c12-10-3-1-8(2-4-10)9-5-11(14,6-9)7-13/h1-4,9,14H,5-6H2. The number of nitriles is 1. The van der Waals surface area contributed by atoms with E-state index < -0.39 is 5.60 Å². The molecule has 72 valence electrons. The molecule has 0 aromatic heterocycles. The first-order valence-corrected chi connectivity index (χ1v) is 5.31. The fourth-order valence-corrected chi connectivity index (χ4v) is 2.08. The maximum absolute atomic E-state index is 9.53. The van der Waals surface area contributed by atoms with Gasteiger partial charge in [-0.3, -0.25) is 0 Å². The van der Waals surface area contributed by atoms with Gasteiger partial charge in [0.1, 0.15) is 0 Å². The van der Waals surface area contributed by atoms with Gasteiger partial charge in [-0.2, -0.15) is 5.26 Å². The molecule has 2 rings (SSSR count). The summed E-state index contributed by atoms with van der Waals surface area (Å²) < 4.78 is 1.05. The molecule has 1 aromatic rings. The lowest BCUT2D eigenvalue weighted by molar-refractivity contribution is 0.00396. The minimum absolute atomic E-state index is 0.341. The first-order valence-electron chi connectivity index (χ1n) is 4.52. The Balaban J connectivity index is 2.07. The molecule has 2 nitrogen and oxygen atoms in total. The Labute approximate surface area is 91.3 Å². The van der Waals surface area contributed by atoms with Crippen LogP contribution in [-0.4, -0.2) is 10.7 Å². The van der Waals surface area contributed by atoms with Crippen LogP contribution in [-0.2, 0) is 0 Å². The van der Waals surface area contributed by atoms with Crippen molar-refractivity contribution < 1.29 is 5.11 Å². The zero-order valence-corrected chi connectivity index (χ0v) is 9.16. The van der Waals surface area contributed by atoms with Gasteiger partial charge in [-0.15, -0.1) is 0 Å². The van der Waals surface area contributed by atoms with Crippen molar-refractivity contribution >= 4 is 15.9 Å². The van der Waals surface area contributed by atoms with Crippen molar-refractivity contribution in [2.45, 2.75) is 24.4 Å². The molecule has 0 heterocycles. The molecule has 0 unspecified atom stereocenters. The molecule has 3 heteroatoms. The van der Waals surface area contributed by atoms with Gasteiger partial charge < -0.3 is 5.11 Å². The number of hydrogen-bond donors (Lipinski definition) is 1. The molecule has 1 aliphatic carbocycles. The first-order chi connectivity index (χ1) is 6.63. The van der Waals surface area contributed by atoms with E-state index in [2.05, 4.69) is 15.9 Å². The van der Waals surface area contributed by atoms with Crippen LogP contribution in [0.1, 0.15) is 24.3 Å². The molecule has 0 atom stereocenters. The minimum Gasteiger partial charge on any atom is -0.375 e. The molecule has 1 aliphatic rings. The van der Waals surface area contributed by atoms with Gasteiger partial charge in [-0.25, -0.2) is 0 Å². The van der Waals surface area contributed by atoms with Crippen LogP contribution in [0.2, 0.25) is 0 Å². The second-order valence-corrected chi connectivity index (χ2v) is 4.72. The van der Waals surface area contributed by atoms with Gasteiger partial charge in [0.2, 0.25) is 0 Å². The molecule has 1 fully saturated rings. The predicted molar refractivity (Wildman–Crippen MR) is 56.7 cm³/mol. The molecular formula is C11H10BrNO.